The summed E-state index contributed by atoms with van der Waals surface area (Å²) in [6.45, 7) is 6.46. The van der Waals surface area contributed by atoms with Gasteiger partial charge in [0, 0.05) is 44.9 Å². The van der Waals surface area contributed by atoms with Crippen LogP contribution >= 0.6 is 0 Å². The molecule has 0 bridgehead atoms. The van der Waals surface area contributed by atoms with E-state index in [2.05, 4.69) is 27.9 Å². The Labute approximate surface area is 164 Å². The Kier molecular flexibility index (Phi) is 6.10. The number of fused-ring (bicyclic) bond motifs is 1. The summed E-state index contributed by atoms with van der Waals surface area (Å²) in [6.07, 6.45) is 1.63. The first-order valence-corrected chi connectivity index (χ1v) is 9.27. The molecule has 0 spiro atoms. The van der Waals surface area contributed by atoms with Gasteiger partial charge >= 0.3 is 0 Å². The number of piperazine rings is 1. The van der Waals surface area contributed by atoms with Crippen molar-refractivity contribution in [3.8, 4) is 0 Å². The highest BCUT2D eigenvalue weighted by molar-refractivity contribution is 5.86. The van der Waals surface area contributed by atoms with Gasteiger partial charge in [-0.05, 0) is 26.1 Å². The zero-order valence-corrected chi connectivity index (χ0v) is 16.5. The Balaban J connectivity index is 0.00000109. The molecule has 8 nitrogen and oxygen atoms in total. The third-order valence-corrected chi connectivity index (χ3v) is 4.62. The average Bonchev–Trinajstić information content (AvgIpc) is 3.19. The van der Waals surface area contributed by atoms with Gasteiger partial charge in [0.2, 0.25) is 11.9 Å². The van der Waals surface area contributed by atoms with Crippen LogP contribution in [0.1, 0.15) is 12.5 Å². The molecule has 4 rings (SSSR count). The summed E-state index contributed by atoms with van der Waals surface area (Å²) in [7, 11) is 1.50. The summed E-state index contributed by atoms with van der Waals surface area (Å²) in [6, 6.07) is 9.93. The van der Waals surface area contributed by atoms with E-state index >= 15 is 0 Å². The van der Waals surface area contributed by atoms with Crippen molar-refractivity contribution >= 4 is 34.5 Å². The topological polar surface area (TPSA) is 101 Å². The number of furan rings is 1. The number of rotatable bonds is 3. The molecule has 0 aliphatic carbocycles. The third kappa shape index (κ3) is 4.23. The van der Waals surface area contributed by atoms with E-state index in [1.165, 1.54) is 12.6 Å². The van der Waals surface area contributed by atoms with Crippen molar-refractivity contribution < 1.29 is 9.21 Å². The van der Waals surface area contributed by atoms with Gasteiger partial charge < -0.3 is 25.3 Å². The van der Waals surface area contributed by atoms with Crippen molar-refractivity contribution in [3.05, 3.63) is 42.2 Å². The Bertz CT molecular complexity index is 930. The third-order valence-electron chi connectivity index (χ3n) is 4.62. The summed E-state index contributed by atoms with van der Waals surface area (Å²) in [5.41, 5.74) is 8.07. The smallest absolute Gasteiger partial charge is 0.229 e. The van der Waals surface area contributed by atoms with Crippen LogP contribution in [0.3, 0.4) is 0 Å². The number of hydrogen-bond donors (Lipinski definition) is 2. The van der Waals surface area contributed by atoms with Gasteiger partial charge in [0.15, 0.2) is 11.4 Å². The zero-order chi connectivity index (χ0) is 20.1. The predicted octanol–water partition coefficient (Wildman–Crippen LogP) is 2.52. The fraction of sp³-hybridized carbons (Fsp3) is 0.350. The molecule has 1 aromatic carbocycles. The number of nitrogens with zero attached hydrogens (tertiary/aromatic N) is 4. The van der Waals surface area contributed by atoms with E-state index in [0.29, 0.717) is 24.6 Å². The van der Waals surface area contributed by atoms with E-state index in [1.54, 1.807) is 13.2 Å². The maximum atomic E-state index is 11.5. The van der Waals surface area contributed by atoms with Crippen molar-refractivity contribution in [3.63, 3.8) is 0 Å². The Morgan fingerprint density at radius 1 is 1.07 bits per heavy atom. The van der Waals surface area contributed by atoms with Crippen molar-refractivity contribution in [1.82, 2.24) is 14.9 Å². The van der Waals surface area contributed by atoms with Crippen LogP contribution in [0.5, 0.6) is 0 Å². The van der Waals surface area contributed by atoms with Crippen LogP contribution < -0.4 is 16.0 Å². The maximum absolute atomic E-state index is 11.5. The molecule has 28 heavy (non-hydrogen) atoms. The second kappa shape index (κ2) is 8.71. The fourth-order valence-corrected chi connectivity index (χ4v) is 3.12. The minimum Gasteiger partial charge on any atom is -0.459 e. The number of nitrogens with one attached hydrogen (secondary N) is 1. The summed E-state index contributed by atoms with van der Waals surface area (Å²) in [4.78, 5) is 24.8. The average molecular weight is 382 g/mol. The van der Waals surface area contributed by atoms with Crippen LogP contribution in [0.2, 0.25) is 0 Å². The number of hydrogen-bond acceptors (Lipinski definition) is 7. The van der Waals surface area contributed by atoms with E-state index in [1.807, 2.05) is 35.2 Å². The monoisotopic (exact) mass is 382 g/mol. The molecular formula is C20H26N6O2. The fourth-order valence-electron chi connectivity index (χ4n) is 3.12. The van der Waals surface area contributed by atoms with E-state index in [-0.39, 0.29) is 5.91 Å². The summed E-state index contributed by atoms with van der Waals surface area (Å²) in [5.74, 6) is 1.40. The van der Waals surface area contributed by atoms with Gasteiger partial charge in [-0.2, -0.15) is 4.98 Å². The second-order valence-electron chi connectivity index (χ2n) is 6.49. The van der Waals surface area contributed by atoms with Crippen LogP contribution in [0.4, 0.5) is 17.5 Å². The molecule has 8 heteroatoms. The summed E-state index contributed by atoms with van der Waals surface area (Å²) >= 11 is 0. The molecule has 0 radical (unpaired) electrons. The standard InChI is InChI=1S/C19H21N5O2.CH5N/c1-13-3-5-15(6-4-13)20-19-21-16-7-12-26-17(16)18(22-19)24-10-8-23(9-11-24)14(2)25;1-2/h3-7,12H,8-11H2,1-2H3,(H,20,21,22);2H2,1H3. The molecule has 0 saturated carbocycles. The van der Waals surface area contributed by atoms with E-state index in [4.69, 9.17) is 9.40 Å². The Hall–Kier alpha value is -3.13. The van der Waals surface area contributed by atoms with Crippen LogP contribution in [0, 0.1) is 6.92 Å². The maximum Gasteiger partial charge on any atom is 0.229 e. The van der Waals surface area contributed by atoms with Gasteiger partial charge in [0.1, 0.15) is 5.52 Å². The number of benzene rings is 1. The quantitative estimate of drug-likeness (QED) is 0.718. The Morgan fingerprint density at radius 2 is 1.75 bits per heavy atom. The van der Waals surface area contributed by atoms with Gasteiger partial charge in [0.05, 0.1) is 6.26 Å². The van der Waals surface area contributed by atoms with E-state index < -0.39 is 0 Å². The largest absolute Gasteiger partial charge is 0.459 e. The van der Waals surface area contributed by atoms with Crippen LogP contribution in [-0.2, 0) is 4.79 Å². The summed E-state index contributed by atoms with van der Waals surface area (Å²) in [5, 5.41) is 3.26. The van der Waals surface area contributed by atoms with Gasteiger partial charge in [-0.3, -0.25) is 4.79 Å². The molecule has 1 fully saturated rings. The molecule has 1 amide bonds. The lowest BCUT2D eigenvalue weighted by atomic mass is 10.2. The van der Waals surface area contributed by atoms with Crippen molar-refractivity contribution in [2.75, 3.05) is 43.4 Å². The predicted molar refractivity (Wildman–Crippen MR) is 111 cm³/mol. The van der Waals surface area contributed by atoms with Crippen molar-refractivity contribution in [1.29, 1.82) is 0 Å². The van der Waals surface area contributed by atoms with Gasteiger partial charge in [-0.25, -0.2) is 4.98 Å². The van der Waals surface area contributed by atoms with Crippen molar-refractivity contribution in [2.45, 2.75) is 13.8 Å². The Morgan fingerprint density at radius 3 is 2.39 bits per heavy atom. The molecule has 1 saturated heterocycles. The minimum absolute atomic E-state index is 0.109. The first-order valence-electron chi connectivity index (χ1n) is 9.27. The molecule has 0 atom stereocenters. The van der Waals surface area contributed by atoms with Crippen molar-refractivity contribution in [2.24, 2.45) is 5.73 Å². The lowest BCUT2D eigenvalue weighted by molar-refractivity contribution is -0.129. The first kappa shape index (κ1) is 19.6. The van der Waals surface area contributed by atoms with Crippen LogP contribution in [-0.4, -0.2) is 54.0 Å². The highest BCUT2D eigenvalue weighted by Gasteiger charge is 2.23. The molecule has 148 valence electrons. The highest BCUT2D eigenvalue weighted by atomic mass is 16.3. The number of amides is 1. The molecule has 1 aliphatic rings. The lowest BCUT2D eigenvalue weighted by Gasteiger charge is -2.34. The van der Waals surface area contributed by atoms with Gasteiger partial charge in [0.25, 0.3) is 0 Å². The molecule has 2 aromatic heterocycles. The normalized spacial score (nSPS) is 13.9. The number of carbonyl (C=O) groups excluding carboxylic acids is 1. The highest BCUT2D eigenvalue weighted by Crippen LogP contribution is 2.28. The number of carbonyl (C=O) groups is 1. The number of aryl methyl sites for hydroxylation is 1. The molecule has 3 heterocycles. The van der Waals surface area contributed by atoms with E-state index in [9.17, 15) is 4.79 Å². The first-order chi connectivity index (χ1) is 13.6. The molecule has 1 aliphatic heterocycles. The van der Waals surface area contributed by atoms with Gasteiger partial charge in [-0.15, -0.1) is 0 Å². The number of nitrogens with two attached hydrogens (primary N) is 1. The second-order valence-corrected chi connectivity index (χ2v) is 6.49. The molecule has 3 N–H and O–H groups in total. The van der Waals surface area contributed by atoms with Crippen LogP contribution in [0.15, 0.2) is 41.0 Å². The molecule has 0 unspecified atom stereocenters. The molecular weight excluding hydrogens is 356 g/mol. The van der Waals surface area contributed by atoms with E-state index in [0.717, 1.165) is 30.1 Å². The SMILES string of the molecule is CC(=O)N1CCN(c2nc(Nc3ccc(C)cc3)nc3ccoc23)CC1.CN. The van der Waals surface area contributed by atoms with Crippen LogP contribution in [0.25, 0.3) is 11.1 Å². The van der Waals surface area contributed by atoms with Gasteiger partial charge in [-0.1, -0.05) is 17.7 Å². The lowest BCUT2D eigenvalue weighted by Crippen LogP contribution is -2.48. The zero-order valence-electron chi connectivity index (χ0n) is 16.5. The summed E-state index contributed by atoms with van der Waals surface area (Å²) < 4.78 is 5.62. The minimum atomic E-state index is 0.109. The number of aromatic nitrogens is 2. The number of anilines is 3. The molecule has 3 aromatic rings.